The van der Waals surface area contributed by atoms with Crippen LogP contribution in [0.5, 0.6) is 5.88 Å². The summed E-state index contributed by atoms with van der Waals surface area (Å²) in [6, 6.07) is 11.8. The van der Waals surface area contributed by atoms with Gasteiger partial charge in [0.15, 0.2) is 0 Å². The third kappa shape index (κ3) is 12.2. The maximum absolute atomic E-state index is 13.5. The van der Waals surface area contributed by atoms with Crippen molar-refractivity contribution in [2.75, 3.05) is 79.1 Å². The van der Waals surface area contributed by atoms with Crippen molar-refractivity contribution in [2.45, 2.75) is 56.9 Å². The number of alkyl halides is 3. The standard InChI is InChI=1S/C47H52F3N7O11/c1-30-36(26-46(29-53-30,56-15-19-65-20-16-56)55-42(60)32-6-2-8-34(25-32)47(48,49)50)33-10-13-40(52-27-33)68-24-23-66-21-22-67-28-39(59)51-14-18-64-17-4-7-31-5-3-9-35-41(31)45(63)57(44(35)62)37-11-12-38(58)54-43(37)61/h2-3,5-6,8-10,13,25,27,29,37H,4,7,11-12,14-24,26,28H2,1H3,(H,51,59)(H,55,60)(H,54,58,61). The SMILES string of the molecule is CC1=C(c2ccc(OCCOCCOCC(=O)NCCOCCCc3cccc4c3C(=O)N(C3CCC(=O)NC3=O)C4=O)nc2)CC(NC(=O)c2cccc(C(F)(F)F)c2)(N2CCOCC2)C=N1. The number of rotatable bonds is 21. The molecule has 7 rings (SSSR count). The summed E-state index contributed by atoms with van der Waals surface area (Å²) in [5, 5.41) is 7.89. The molecular weight excluding hydrogens is 896 g/mol. The lowest BCUT2D eigenvalue weighted by atomic mass is 9.90. The van der Waals surface area contributed by atoms with Crippen molar-refractivity contribution >= 4 is 47.2 Å². The smallest absolute Gasteiger partial charge is 0.416 e. The fraction of sp³-hybridized carbons (Fsp3) is 0.447. The van der Waals surface area contributed by atoms with E-state index in [4.69, 9.17) is 23.7 Å². The highest BCUT2D eigenvalue weighted by Gasteiger charge is 2.46. The highest BCUT2D eigenvalue weighted by atomic mass is 19.4. The van der Waals surface area contributed by atoms with Gasteiger partial charge in [0, 0.05) is 68.8 Å². The van der Waals surface area contributed by atoms with Gasteiger partial charge in [0.05, 0.1) is 56.3 Å². The lowest BCUT2D eigenvalue weighted by Crippen LogP contribution is -2.65. The number of imide groups is 2. The molecule has 3 aromatic rings. The second kappa shape index (κ2) is 22.6. The molecule has 0 saturated carbocycles. The van der Waals surface area contributed by atoms with Crippen molar-refractivity contribution in [1.29, 1.82) is 0 Å². The first-order valence-corrected chi connectivity index (χ1v) is 22.2. The number of nitrogens with zero attached hydrogens (tertiary/aromatic N) is 4. The first kappa shape index (κ1) is 49.5. The Morgan fingerprint density at radius 1 is 0.926 bits per heavy atom. The molecule has 5 heterocycles. The molecule has 0 radical (unpaired) electrons. The second-order valence-corrected chi connectivity index (χ2v) is 16.3. The molecule has 21 heteroatoms. The van der Waals surface area contributed by atoms with Gasteiger partial charge in [0.1, 0.15) is 24.9 Å². The molecule has 0 spiro atoms. The number of morpholine rings is 1. The molecule has 6 amide bonds. The number of amides is 6. The van der Waals surface area contributed by atoms with Crippen LogP contribution in [0.4, 0.5) is 13.2 Å². The zero-order valence-electron chi connectivity index (χ0n) is 37.4. The van der Waals surface area contributed by atoms with Crippen molar-refractivity contribution in [3.63, 3.8) is 0 Å². The first-order chi connectivity index (χ1) is 32.7. The Kier molecular flexibility index (Phi) is 16.5. The highest BCUT2D eigenvalue weighted by molar-refractivity contribution is 6.24. The van der Waals surface area contributed by atoms with Gasteiger partial charge in [-0.15, -0.1) is 0 Å². The number of carbonyl (C=O) groups is 6. The van der Waals surface area contributed by atoms with Gasteiger partial charge in [-0.2, -0.15) is 13.2 Å². The van der Waals surface area contributed by atoms with Crippen LogP contribution in [0, 0.1) is 0 Å². The van der Waals surface area contributed by atoms with Crippen LogP contribution < -0.4 is 20.7 Å². The summed E-state index contributed by atoms with van der Waals surface area (Å²) in [6.45, 7) is 5.05. The number of benzene rings is 2. The molecule has 0 bridgehead atoms. The van der Waals surface area contributed by atoms with Crippen LogP contribution >= 0.6 is 0 Å². The summed E-state index contributed by atoms with van der Waals surface area (Å²) in [4.78, 5) is 88.0. The molecule has 2 unspecified atom stereocenters. The van der Waals surface area contributed by atoms with Crippen molar-refractivity contribution in [2.24, 2.45) is 4.99 Å². The van der Waals surface area contributed by atoms with Crippen LogP contribution in [0.15, 0.2) is 71.5 Å². The fourth-order valence-electron chi connectivity index (χ4n) is 8.26. The number of halogens is 3. The molecule has 0 aliphatic carbocycles. The van der Waals surface area contributed by atoms with Crippen LogP contribution in [0.2, 0.25) is 0 Å². The summed E-state index contributed by atoms with van der Waals surface area (Å²) in [6.07, 6.45) is 0.0482. The normalized spacial score (nSPS) is 19.8. The van der Waals surface area contributed by atoms with E-state index < -0.39 is 53.0 Å². The number of allylic oxidation sites excluding steroid dienone is 1. The Labute approximate surface area is 389 Å². The third-order valence-corrected chi connectivity index (χ3v) is 11.7. The summed E-state index contributed by atoms with van der Waals surface area (Å²) in [5.41, 5.74) is 1.19. The Morgan fingerprint density at radius 3 is 2.46 bits per heavy atom. The highest BCUT2D eigenvalue weighted by Crippen LogP contribution is 2.36. The molecule has 2 fully saturated rings. The van der Waals surface area contributed by atoms with Crippen molar-refractivity contribution < 1.29 is 65.6 Å². The minimum absolute atomic E-state index is 0.0435. The minimum Gasteiger partial charge on any atom is -0.475 e. The third-order valence-electron chi connectivity index (χ3n) is 11.7. The van der Waals surface area contributed by atoms with Crippen LogP contribution in [0.25, 0.3) is 5.57 Å². The monoisotopic (exact) mass is 947 g/mol. The van der Waals surface area contributed by atoms with Gasteiger partial charge in [-0.05, 0) is 73.2 Å². The molecule has 4 aliphatic rings. The number of aryl methyl sites for hydroxylation is 1. The van der Waals surface area contributed by atoms with E-state index in [2.05, 4.69) is 25.9 Å². The number of nitrogens with one attached hydrogen (secondary N) is 3. The van der Waals surface area contributed by atoms with E-state index in [1.165, 1.54) is 12.1 Å². The summed E-state index contributed by atoms with van der Waals surface area (Å²) in [7, 11) is 0. The molecule has 18 nitrogen and oxygen atoms in total. The van der Waals surface area contributed by atoms with E-state index in [-0.39, 0.29) is 88.0 Å². The number of carbonyl (C=O) groups excluding carboxylic acids is 6. The van der Waals surface area contributed by atoms with E-state index in [0.717, 1.165) is 28.2 Å². The van der Waals surface area contributed by atoms with E-state index in [1.54, 1.807) is 36.7 Å². The van der Waals surface area contributed by atoms with E-state index in [0.29, 0.717) is 62.9 Å². The van der Waals surface area contributed by atoms with Gasteiger partial charge in [-0.3, -0.25) is 48.9 Å². The predicted molar refractivity (Wildman–Crippen MR) is 236 cm³/mol. The fourth-order valence-corrected chi connectivity index (χ4v) is 8.26. The quantitative estimate of drug-likeness (QED) is 0.103. The first-order valence-electron chi connectivity index (χ1n) is 22.2. The van der Waals surface area contributed by atoms with Crippen LogP contribution in [0.3, 0.4) is 0 Å². The van der Waals surface area contributed by atoms with Crippen LogP contribution in [-0.2, 0) is 45.9 Å². The molecule has 1 aromatic heterocycles. The lowest BCUT2D eigenvalue weighted by molar-refractivity contribution is -0.138. The van der Waals surface area contributed by atoms with Gasteiger partial charge >= 0.3 is 6.18 Å². The maximum Gasteiger partial charge on any atom is 0.416 e. The van der Waals surface area contributed by atoms with E-state index in [1.807, 2.05) is 17.9 Å². The molecule has 3 N–H and O–H groups in total. The second-order valence-electron chi connectivity index (χ2n) is 16.3. The molecular formula is C47H52F3N7O11. The number of ether oxygens (including phenoxy) is 5. The van der Waals surface area contributed by atoms with E-state index in [9.17, 15) is 41.9 Å². The van der Waals surface area contributed by atoms with Gasteiger partial charge in [-0.25, -0.2) is 4.98 Å². The number of pyridine rings is 1. The lowest BCUT2D eigenvalue weighted by Gasteiger charge is -2.45. The number of hydrogen-bond acceptors (Lipinski definition) is 14. The average Bonchev–Trinajstić information content (AvgIpc) is 3.59. The Bertz CT molecular complexity index is 2420. The summed E-state index contributed by atoms with van der Waals surface area (Å²) < 4.78 is 68.2. The van der Waals surface area contributed by atoms with Gasteiger partial charge in [0.25, 0.3) is 17.7 Å². The van der Waals surface area contributed by atoms with E-state index >= 15 is 0 Å². The molecule has 2 aromatic carbocycles. The molecule has 362 valence electrons. The van der Waals surface area contributed by atoms with Gasteiger partial charge in [-0.1, -0.05) is 18.2 Å². The number of aromatic nitrogens is 1. The predicted octanol–water partition coefficient (Wildman–Crippen LogP) is 3.34. The topological polar surface area (TPSA) is 216 Å². The van der Waals surface area contributed by atoms with Crippen molar-refractivity contribution in [3.05, 3.63) is 99.9 Å². The largest absolute Gasteiger partial charge is 0.475 e. The number of fused-ring (bicyclic) bond motifs is 1. The molecule has 68 heavy (non-hydrogen) atoms. The molecule has 2 saturated heterocycles. The Morgan fingerprint density at radius 2 is 1.69 bits per heavy atom. The minimum atomic E-state index is -4.60. The summed E-state index contributed by atoms with van der Waals surface area (Å²) >= 11 is 0. The number of piperidine rings is 1. The Hall–Kier alpha value is -6.39. The summed E-state index contributed by atoms with van der Waals surface area (Å²) in [5.74, 6) is -2.85. The number of hydrogen-bond donors (Lipinski definition) is 3. The molecule has 2 atom stereocenters. The number of aliphatic imine (C=N–C) groups is 1. The zero-order chi connectivity index (χ0) is 48.3. The Balaban J connectivity index is 0.759. The zero-order valence-corrected chi connectivity index (χ0v) is 37.4. The average molecular weight is 948 g/mol. The van der Waals surface area contributed by atoms with Crippen molar-refractivity contribution in [3.8, 4) is 5.88 Å². The van der Waals surface area contributed by atoms with Crippen LogP contribution in [0.1, 0.15) is 80.4 Å². The van der Waals surface area contributed by atoms with Crippen LogP contribution in [-0.4, -0.2) is 147 Å². The van der Waals surface area contributed by atoms with Gasteiger partial charge in [0.2, 0.25) is 23.6 Å². The molecule has 4 aliphatic heterocycles. The maximum atomic E-state index is 13.5. The van der Waals surface area contributed by atoms with Gasteiger partial charge < -0.3 is 34.3 Å². The van der Waals surface area contributed by atoms with Crippen molar-refractivity contribution in [1.82, 2.24) is 30.7 Å².